The highest BCUT2D eigenvalue weighted by atomic mass is 35.5. The third kappa shape index (κ3) is 5.42. The van der Waals surface area contributed by atoms with Crippen molar-refractivity contribution in [3.63, 3.8) is 0 Å². The van der Waals surface area contributed by atoms with Crippen molar-refractivity contribution in [2.75, 3.05) is 26.1 Å². The Morgan fingerprint density at radius 2 is 1.85 bits per heavy atom. The number of rotatable bonds is 7. The molecule has 40 heavy (non-hydrogen) atoms. The van der Waals surface area contributed by atoms with Crippen LogP contribution in [0.4, 0.5) is 16.3 Å². The lowest BCUT2D eigenvalue weighted by molar-refractivity contribution is 0.163. The number of hydrogen-bond acceptors (Lipinski definition) is 5. The Balaban J connectivity index is 1.36. The molecule has 1 unspecified atom stereocenters. The highest BCUT2D eigenvalue weighted by Crippen LogP contribution is 2.48. The number of anilines is 1. The summed E-state index contributed by atoms with van der Waals surface area (Å²) in [5.41, 5.74) is 5.87. The van der Waals surface area contributed by atoms with Crippen LogP contribution in [-0.2, 0) is 17.6 Å². The number of halogens is 2. The summed E-state index contributed by atoms with van der Waals surface area (Å²) in [6.07, 6.45) is 2.13. The molecule has 1 N–H and O–H groups in total. The van der Waals surface area contributed by atoms with Crippen LogP contribution < -0.4 is 14.8 Å². The summed E-state index contributed by atoms with van der Waals surface area (Å²) < 4.78 is 16.0. The van der Waals surface area contributed by atoms with Crippen LogP contribution in [0.5, 0.6) is 11.5 Å². The number of benzene rings is 3. The van der Waals surface area contributed by atoms with Gasteiger partial charge in [-0.25, -0.2) is 9.64 Å². The summed E-state index contributed by atoms with van der Waals surface area (Å²) >= 11 is 12.5. The van der Waals surface area contributed by atoms with E-state index in [4.69, 9.17) is 44.0 Å². The molecule has 1 atom stereocenters. The molecule has 3 aromatic carbocycles. The Kier molecular flexibility index (Phi) is 8.11. The SMILES string of the molecule is [C-]#[N+]c1c(NC(=O)OCCc2ccc(OC)c(OC)c2)ncc2c1-c1ccccc1C(c1ccc(Cl)c(Cl)c1)C2. The summed E-state index contributed by atoms with van der Waals surface area (Å²) in [7, 11) is 3.14. The number of aromatic nitrogens is 1. The number of carbonyl (C=O) groups excluding carboxylic acids is 1. The van der Waals surface area contributed by atoms with Crippen LogP contribution in [-0.4, -0.2) is 31.9 Å². The van der Waals surface area contributed by atoms with Gasteiger partial charge >= 0.3 is 6.09 Å². The molecular formula is C31H25Cl2N3O4. The van der Waals surface area contributed by atoms with Crippen molar-refractivity contribution in [3.8, 4) is 22.6 Å². The van der Waals surface area contributed by atoms with Crippen LogP contribution in [0.3, 0.4) is 0 Å². The molecule has 9 heteroatoms. The number of fused-ring (bicyclic) bond motifs is 3. The Morgan fingerprint density at radius 1 is 1.05 bits per heavy atom. The minimum atomic E-state index is -0.685. The predicted octanol–water partition coefficient (Wildman–Crippen LogP) is 8.10. The Hall–Kier alpha value is -4.25. The van der Waals surface area contributed by atoms with E-state index in [0.29, 0.717) is 34.4 Å². The number of amides is 1. The second kappa shape index (κ2) is 11.9. The second-order valence-electron chi connectivity index (χ2n) is 9.19. The molecule has 1 aliphatic rings. The first-order valence-corrected chi connectivity index (χ1v) is 13.3. The van der Waals surface area contributed by atoms with E-state index in [-0.39, 0.29) is 24.0 Å². The predicted molar refractivity (Wildman–Crippen MR) is 156 cm³/mol. The molecular weight excluding hydrogens is 549 g/mol. The Bertz CT molecular complexity index is 1630. The molecule has 202 valence electrons. The fourth-order valence-corrected chi connectivity index (χ4v) is 5.32. The average molecular weight is 574 g/mol. The average Bonchev–Trinajstić information content (AvgIpc) is 2.98. The van der Waals surface area contributed by atoms with Crippen molar-refractivity contribution in [3.05, 3.63) is 111 Å². The van der Waals surface area contributed by atoms with Gasteiger partial charge in [0.05, 0.1) is 37.4 Å². The van der Waals surface area contributed by atoms with Gasteiger partial charge in [-0.3, -0.25) is 10.3 Å². The van der Waals surface area contributed by atoms with Gasteiger partial charge in [-0.1, -0.05) is 59.6 Å². The molecule has 0 fully saturated rings. The maximum atomic E-state index is 12.7. The second-order valence-corrected chi connectivity index (χ2v) is 10.00. The number of carbonyl (C=O) groups is 1. The van der Waals surface area contributed by atoms with Gasteiger partial charge in [-0.15, -0.1) is 0 Å². The molecule has 0 saturated heterocycles. The Labute approximate surface area is 242 Å². The molecule has 4 aromatic rings. The standard InChI is InChI=1S/C31H25Cl2N3O4/c1-34-29-28-20(15-23(21-6-4-5-7-22(21)28)19-9-10-24(32)25(33)16-19)17-35-30(29)36-31(37)40-13-12-18-8-11-26(38-2)27(14-18)39-3/h4-11,14,16-17,23H,12-13,15H2,2-3H3,(H,35,36,37). The maximum absolute atomic E-state index is 12.7. The number of nitrogens with one attached hydrogen (secondary N) is 1. The first-order valence-electron chi connectivity index (χ1n) is 12.5. The molecule has 5 rings (SSSR count). The number of ether oxygens (including phenoxy) is 3. The van der Waals surface area contributed by atoms with E-state index < -0.39 is 6.09 Å². The molecule has 0 bridgehead atoms. The molecule has 1 heterocycles. The van der Waals surface area contributed by atoms with Crippen molar-refractivity contribution >= 4 is 40.8 Å². The molecule has 1 amide bonds. The van der Waals surface area contributed by atoms with Crippen LogP contribution >= 0.6 is 23.2 Å². The van der Waals surface area contributed by atoms with Crippen molar-refractivity contribution in [1.29, 1.82) is 0 Å². The van der Waals surface area contributed by atoms with Crippen molar-refractivity contribution in [2.24, 2.45) is 0 Å². The molecule has 0 saturated carbocycles. The van der Waals surface area contributed by atoms with Crippen LogP contribution in [0.25, 0.3) is 16.0 Å². The van der Waals surface area contributed by atoms with Gasteiger partial charge in [0.2, 0.25) is 5.69 Å². The number of pyridine rings is 1. The normalized spacial score (nSPS) is 13.4. The van der Waals surface area contributed by atoms with E-state index in [2.05, 4.69) is 21.2 Å². The Morgan fingerprint density at radius 3 is 2.60 bits per heavy atom. The summed E-state index contributed by atoms with van der Waals surface area (Å²) in [5.74, 6) is 1.40. The van der Waals surface area contributed by atoms with Crippen molar-refractivity contribution in [2.45, 2.75) is 18.8 Å². The van der Waals surface area contributed by atoms with E-state index in [0.717, 1.165) is 33.4 Å². The topological polar surface area (TPSA) is 74.0 Å². The van der Waals surface area contributed by atoms with Crippen molar-refractivity contribution < 1.29 is 19.0 Å². The summed E-state index contributed by atoms with van der Waals surface area (Å²) in [6, 6.07) is 19.1. The third-order valence-electron chi connectivity index (χ3n) is 6.91. The van der Waals surface area contributed by atoms with Gasteiger partial charge in [-0.2, -0.15) is 0 Å². The lowest BCUT2D eigenvalue weighted by Gasteiger charge is -2.29. The molecule has 0 radical (unpaired) electrons. The fraction of sp³-hybridized carbons (Fsp3) is 0.194. The number of methoxy groups -OCH3 is 2. The van der Waals surface area contributed by atoms with E-state index in [1.807, 2.05) is 42.5 Å². The van der Waals surface area contributed by atoms with Crippen LogP contribution in [0.2, 0.25) is 10.0 Å². The zero-order valence-electron chi connectivity index (χ0n) is 21.8. The van der Waals surface area contributed by atoms with Gasteiger partial charge in [0.1, 0.15) is 5.82 Å². The quantitative estimate of drug-likeness (QED) is 0.226. The lowest BCUT2D eigenvalue weighted by Crippen LogP contribution is -2.18. The van der Waals surface area contributed by atoms with E-state index in [9.17, 15) is 4.79 Å². The summed E-state index contributed by atoms with van der Waals surface area (Å²) in [5, 5.41) is 3.65. The minimum Gasteiger partial charge on any atom is -0.493 e. The third-order valence-corrected chi connectivity index (χ3v) is 7.65. The van der Waals surface area contributed by atoms with E-state index in [1.165, 1.54) is 0 Å². The van der Waals surface area contributed by atoms with Gasteiger partial charge in [0.25, 0.3) is 0 Å². The van der Waals surface area contributed by atoms with Crippen LogP contribution in [0.15, 0.2) is 66.9 Å². The lowest BCUT2D eigenvalue weighted by atomic mass is 9.76. The van der Waals surface area contributed by atoms with Gasteiger partial charge < -0.3 is 14.2 Å². The van der Waals surface area contributed by atoms with Gasteiger partial charge in [-0.05, 0) is 64.1 Å². The smallest absolute Gasteiger partial charge is 0.411 e. The highest BCUT2D eigenvalue weighted by Gasteiger charge is 2.30. The number of nitrogens with zero attached hydrogens (tertiary/aromatic N) is 2. The van der Waals surface area contributed by atoms with Crippen molar-refractivity contribution in [1.82, 2.24) is 4.98 Å². The van der Waals surface area contributed by atoms with Crippen LogP contribution in [0, 0.1) is 6.57 Å². The number of hydrogen-bond donors (Lipinski definition) is 1. The van der Waals surface area contributed by atoms with E-state index in [1.54, 1.807) is 32.5 Å². The highest BCUT2D eigenvalue weighted by molar-refractivity contribution is 6.42. The monoisotopic (exact) mass is 573 g/mol. The zero-order valence-corrected chi connectivity index (χ0v) is 23.3. The zero-order chi connectivity index (χ0) is 28.2. The molecule has 1 aromatic heterocycles. The first-order chi connectivity index (χ1) is 19.4. The molecule has 0 spiro atoms. The van der Waals surface area contributed by atoms with E-state index >= 15 is 0 Å². The minimum absolute atomic E-state index is 0.0132. The molecule has 1 aliphatic carbocycles. The maximum Gasteiger partial charge on any atom is 0.411 e. The molecule has 7 nitrogen and oxygen atoms in total. The molecule has 0 aliphatic heterocycles. The largest absolute Gasteiger partial charge is 0.493 e. The summed E-state index contributed by atoms with van der Waals surface area (Å²) in [4.78, 5) is 20.9. The van der Waals surface area contributed by atoms with Gasteiger partial charge in [0.15, 0.2) is 11.5 Å². The summed E-state index contributed by atoms with van der Waals surface area (Å²) in [6.45, 7) is 8.07. The van der Waals surface area contributed by atoms with Gasteiger partial charge in [0, 0.05) is 18.5 Å². The van der Waals surface area contributed by atoms with Crippen LogP contribution in [0.1, 0.15) is 28.2 Å². The fourth-order valence-electron chi connectivity index (χ4n) is 5.01. The first kappa shape index (κ1) is 27.3.